The van der Waals surface area contributed by atoms with Crippen molar-refractivity contribution in [3.63, 3.8) is 0 Å². The van der Waals surface area contributed by atoms with Crippen molar-refractivity contribution in [1.29, 1.82) is 0 Å². The number of fused-ring (bicyclic) bond motifs is 1. The Labute approximate surface area is 147 Å². The second-order valence-electron chi connectivity index (χ2n) is 5.14. The Morgan fingerprint density at radius 2 is 2.04 bits per heavy atom. The second-order valence-corrected chi connectivity index (χ2v) is 8.08. The van der Waals surface area contributed by atoms with E-state index in [1.54, 1.807) is 11.3 Å². The Hall–Kier alpha value is -1.63. The lowest BCUT2D eigenvalue weighted by Crippen LogP contribution is -2.32. The van der Waals surface area contributed by atoms with Gasteiger partial charge < -0.3 is 4.90 Å². The second kappa shape index (κ2) is 6.47. The van der Waals surface area contributed by atoms with E-state index in [1.807, 2.05) is 57.8 Å². The summed E-state index contributed by atoms with van der Waals surface area (Å²) < 4.78 is 0. The van der Waals surface area contributed by atoms with Crippen molar-refractivity contribution < 1.29 is 4.79 Å². The van der Waals surface area contributed by atoms with Crippen molar-refractivity contribution in [2.45, 2.75) is 11.3 Å². The van der Waals surface area contributed by atoms with Gasteiger partial charge in [-0.2, -0.15) is 0 Å². The van der Waals surface area contributed by atoms with Crippen LogP contribution < -0.4 is 4.90 Å². The molecule has 4 rings (SSSR count). The molecule has 116 valence electrons. The normalized spacial score (nSPS) is 14.3. The van der Waals surface area contributed by atoms with Gasteiger partial charge in [0.15, 0.2) is 0 Å². The molecule has 0 atom stereocenters. The minimum absolute atomic E-state index is 0.000920. The van der Waals surface area contributed by atoms with Gasteiger partial charge in [0.25, 0.3) is 5.91 Å². The van der Waals surface area contributed by atoms with Crippen LogP contribution in [0.1, 0.15) is 16.9 Å². The number of benzene rings is 1. The maximum Gasteiger partial charge on any atom is 0.277 e. The van der Waals surface area contributed by atoms with Gasteiger partial charge in [0.1, 0.15) is 10.7 Å². The van der Waals surface area contributed by atoms with Crippen LogP contribution in [-0.4, -0.2) is 23.2 Å². The molecule has 3 nitrogen and oxygen atoms in total. The summed E-state index contributed by atoms with van der Waals surface area (Å²) >= 11 is 5.00. The molecular formula is C17H14N2OS3. The summed E-state index contributed by atoms with van der Waals surface area (Å²) in [6.45, 7) is 0.745. The highest BCUT2D eigenvalue weighted by atomic mass is 32.2. The molecule has 0 saturated carbocycles. The highest BCUT2D eigenvalue weighted by molar-refractivity contribution is 7.99. The van der Waals surface area contributed by atoms with Crippen molar-refractivity contribution in [3.05, 3.63) is 52.9 Å². The average molecular weight is 359 g/mol. The third kappa shape index (κ3) is 2.94. The fraction of sp³-hybridized carbons (Fsp3) is 0.176. The summed E-state index contributed by atoms with van der Waals surface area (Å²) in [5.41, 5.74) is 1.55. The number of rotatable bonds is 2. The van der Waals surface area contributed by atoms with Gasteiger partial charge >= 0.3 is 0 Å². The standard InChI is InChI=1S/C17H14N2OS3/c20-17(12-11-23-16(18-12)15-7-3-9-22-15)19-8-4-10-21-14-6-2-1-5-13(14)19/h1-3,5-7,9,11H,4,8,10H2. The number of amides is 1. The van der Waals surface area contributed by atoms with Crippen LogP contribution in [0, 0.1) is 0 Å². The largest absolute Gasteiger partial charge is 0.306 e. The van der Waals surface area contributed by atoms with Gasteiger partial charge in [-0.15, -0.1) is 34.4 Å². The Bertz CT molecular complexity index is 826. The summed E-state index contributed by atoms with van der Waals surface area (Å²) in [6, 6.07) is 12.2. The van der Waals surface area contributed by atoms with E-state index in [0.29, 0.717) is 5.69 Å². The number of carbonyl (C=O) groups is 1. The van der Waals surface area contributed by atoms with Crippen LogP contribution >= 0.6 is 34.4 Å². The molecule has 1 aliphatic heterocycles. The van der Waals surface area contributed by atoms with E-state index in [4.69, 9.17) is 0 Å². The fourth-order valence-electron chi connectivity index (χ4n) is 2.56. The zero-order chi connectivity index (χ0) is 15.6. The minimum Gasteiger partial charge on any atom is -0.306 e. The highest BCUT2D eigenvalue weighted by Gasteiger charge is 2.24. The zero-order valence-corrected chi connectivity index (χ0v) is 14.7. The molecule has 0 radical (unpaired) electrons. The topological polar surface area (TPSA) is 33.2 Å². The maximum absolute atomic E-state index is 13.0. The van der Waals surface area contributed by atoms with Crippen molar-refractivity contribution in [2.75, 3.05) is 17.2 Å². The molecule has 1 amide bonds. The van der Waals surface area contributed by atoms with Crippen LogP contribution in [0.5, 0.6) is 0 Å². The number of thiazole rings is 1. The molecule has 2 aromatic heterocycles. The summed E-state index contributed by atoms with van der Waals surface area (Å²) in [6.07, 6.45) is 0.993. The van der Waals surface area contributed by atoms with Crippen LogP contribution in [0.25, 0.3) is 9.88 Å². The van der Waals surface area contributed by atoms with E-state index in [1.165, 1.54) is 16.2 Å². The first kappa shape index (κ1) is 14.9. The Morgan fingerprint density at radius 1 is 1.13 bits per heavy atom. The molecular weight excluding hydrogens is 344 g/mol. The predicted octanol–water partition coefficient (Wildman–Crippen LogP) is 5.01. The molecule has 0 fully saturated rings. The van der Waals surface area contributed by atoms with Gasteiger partial charge in [0, 0.05) is 16.8 Å². The minimum atomic E-state index is -0.000920. The lowest BCUT2D eigenvalue weighted by atomic mass is 10.2. The van der Waals surface area contributed by atoms with Gasteiger partial charge in [-0.25, -0.2) is 4.98 Å². The number of nitrogens with zero attached hydrogens (tertiary/aromatic N) is 2. The van der Waals surface area contributed by atoms with Crippen molar-refractivity contribution in [3.8, 4) is 9.88 Å². The Kier molecular flexibility index (Phi) is 4.20. The molecule has 0 aliphatic carbocycles. The number of carbonyl (C=O) groups excluding carboxylic acids is 1. The lowest BCUT2D eigenvalue weighted by molar-refractivity contribution is 0.0982. The van der Waals surface area contributed by atoms with Crippen molar-refractivity contribution in [2.24, 2.45) is 0 Å². The molecule has 0 unspecified atom stereocenters. The van der Waals surface area contributed by atoms with E-state index in [-0.39, 0.29) is 5.91 Å². The number of aromatic nitrogens is 1. The first-order valence-electron chi connectivity index (χ1n) is 7.36. The maximum atomic E-state index is 13.0. The Balaban J connectivity index is 1.67. The molecule has 0 N–H and O–H groups in total. The summed E-state index contributed by atoms with van der Waals surface area (Å²) in [5.74, 6) is 1.04. The molecule has 3 aromatic rings. The third-order valence-electron chi connectivity index (χ3n) is 3.64. The fourth-order valence-corrected chi connectivity index (χ4v) is 5.16. The lowest BCUT2D eigenvalue weighted by Gasteiger charge is -2.21. The van der Waals surface area contributed by atoms with Crippen molar-refractivity contribution in [1.82, 2.24) is 4.98 Å². The quantitative estimate of drug-likeness (QED) is 0.645. The van der Waals surface area contributed by atoms with Gasteiger partial charge in [0.05, 0.1) is 10.6 Å². The van der Waals surface area contributed by atoms with E-state index in [9.17, 15) is 4.79 Å². The van der Waals surface area contributed by atoms with E-state index < -0.39 is 0 Å². The molecule has 1 aliphatic rings. The number of thiophene rings is 1. The highest BCUT2D eigenvalue weighted by Crippen LogP contribution is 2.35. The monoisotopic (exact) mass is 358 g/mol. The molecule has 0 spiro atoms. The number of thioether (sulfide) groups is 1. The van der Waals surface area contributed by atoms with E-state index >= 15 is 0 Å². The molecule has 6 heteroatoms. The van der Waals surface area contributed by atoms with E-state index in [0.717, 1.165) is 34.3 Å². The first-order chi connectivity index (χ1) is 11.3. The van der Waals surface area contributed by atoms with Crippen LogP contribution in [0.3, 0.4) is 0 Å². The number of anilines is 1. The molecule has 1 aromatic carbocycles. The summed E-state index contributed by atoms with van der Waals surface area (Å²) in [5, 5.41) is 4.82. The SMILES string of the molecule is O=C(c1csc(-c2cccs2)n1)N1CCCSc2ccccc21. The smallest absolute Gasteiger partial charge is 0.277 e. The molecule has 0 bridgehead atoms. The summed E-state index contributed by atoms with van der Waals surface area (Å²) in [7, 11) is 0. The first-order valence-corrected chi connectivity index (χ1v) is 10.1. The van der Waals surface area contributed by atoms with Crippen molar-refractivity contribution >= 4 is 46.0 Å². The van der Waals surface area contributed by atoms with Gasteiger partial charge in [-0.1, -0.05) is 18.2 Å². The average Bonchev–Trinajstić information content (AvgIpc) is 3.22. The van der Waals surface area contributed by atoms with Gasteiger partial charge in [-0.05, 0) is 35.8 Å². The number of para-hydroxylation sites is 1. The number of hydrogen-bond donors (Lipinski definition) is 0. The zero-order valence-electron chi connectivity index (χ0n) is 12.3. The number of hydrogen-bond acceptors (Lipinski definition) is 5. The van der Waals surface area contributed by atoms with E-state index in [2.05, 4.69) is 11.1 Å². The Morgan fingerprint density at radius 3 is 2.91 bits per heavy atom. The third-order valence-corrected chi connectivity index (χ3v) is 6.67. The molecule has 0 saturated heterocycles. The van der Waals surface area contributed by atoms with Crippen LogP contribution in [-0.2, 0) is 0 Å². The van der Waals surface area contributed by atoms with Crippen LogP contribution in [0.4, 0.5) is 5.69 Å². The molecule has 23 heavy (non-hydrogen) atoms. The summed E-state index contributed by atoms with van der Waals surface area (Å²) in [4.78, 5) is 21.7. The van der Waals surface area contributed by atoms with Gasteiger partial charge in [0.2, 0.25) is 0 Å². The predicted molar refractivity (Wildman–Crippen MR) is 98.9 cm³/mol. The molecule has 3 heterocycles. The van der Waals surface area contributed by atoms with Crippen LogP contribution in [0.2, 0.25) is 0 Å². The van der Waals surface area contributed by atoms with Gasteiger partial charge in [-0.3, -0.25) is 4.79 Å². The van der Waals surface area contributed by atoms with Crippen LogP contribution in [0.15, 0.2) is 52.1 Å².